The molecule has 1 fully saturated rings. The summed E-state index contributed by atoms with van der Waals surface area (Å²) in [5.74, 6) is 1.88. The summed E-state index contributed by atoms with van der Waals surface area (Å²) in [5, 5.41) is 2.96. The molecular formula is C19H26N2O4. The van der Waals surface area contributed by atoms with Crippen molar-refractivity contribution < 1.29 is 19.1 Å². The van der Waals surface area contributed by atoms with Crippen molar-refractivity contribution in [2.24, 2.45) is 11.8 Å². The fraction of sp³-hybridized carbons (Fsp3) is 0.579. The standard InChI is InChI=1S/C19H26N2O4/c1-13(2)11-18(22)21-7-5-14(6-8-21)19(23)20-15-3-4-16-17(12-15)25-10-9-24-16/h3-4,12-14H,5-11H2,1-2H3,(H,20,23). The largest absolute Gasteiger partial charge is 0.486 e. The molecule has 6 nitrogen and oxygen atoms in total. The molecule has 2 aliphatic rings. The van der Waals surface area contributed by atoms with Gasteiger partial charge in [-0.05, 0) is 30.9 Å². The summed E-state index contributed by atoms with van der Waals surface area (Å²) in [6.45, 7) is 6.48. The van der Waals surface area contributed by atoms with Crippen molar-refractivity contribution in [1.29, 1.82) is 0 Å². The highest BCUT2D eigenvalue weighted by Gasteiger charge is 2.27. The molecule has 0 spiro atoms. The average Bonchev–Trinajstić information content (AvgIpc) is 2.61. The lowest BCUT2D eigenvalue weighted by Crippen LogP contribution is -2.41. The maximum absolute atomic E-state index is 12.5. The third kappa shape index (κ3) is 4.44. The summed E-state index contributed by atoms with van der Waals surface area (Å²) < 4.78 is 11.0. The van der Waals surface area contributed by atoms with Crippen LogP contribution >= 0.6 is 0 Å². The van der Waals surface area contributed by atoms with E-state index in [9.17, 15) is 9.59 Å². The second kappa shape index (κ2) is 7.76. The topological polar surface area (TPSA) is 67.9 Å². The first-order chi connectivity index (χ1) is 12.0. The molecule has 1 aromatic rings. The van der Waals surface area contributed by atoms with Crippen molar-refractivity contribution in [3.63, 3.8) is 0 Å². The van der Waals surface area contributed by atoms with E-state index in [1.807, 2.05) is 30.9 Å². The predicted octanol–water partition coefficient (Wildman–Crippen LogP) is 2.68. The van der Waals surface area contributed by atoms with Gasteiger partial charge in [-0.1, -0.05) is 13.8 Å². The van der Waals surface area contributed by atoms with Crippen LogP contribution in [0.4, 0.5) is 5.69 Å². The normalized spacial score (nSPS) is 17.5. The molecule has 0 aliphatic carbocycles. The third-order valence-corrected chi connectivity index (χ3v) is 4.61. The Morgan fingerprint density at radius 3 is 2.52 bits per heavy atom. The molecule has 6 heteroatoms. The second-order valence-electron chi connectivity index (χ2n) is 7.10. The highest BCUT2D eigenvalue weighted by atomic mass is 16.6. The van der Waals surface area contributed by atoms with E-state index in [1.165, 1.54) is 0 Å². The molecule has 0 unspecified atom stereocenters. The number of nitrogens with one attached hydrogen (secondary N) is 1. The van der Waals surface area contributed by atoms with Crippen molar-refractivity contribution in [2.45, 2.75) is 33.1 Å². The fourth-order valence-corrected chi connectivity index (χ4v) is 3.23. The van der Waals surface area contributed by atoms with Crippen LogP contribution in [0, 0.1) is 11.8 Å². The minimum Gasteiger partial charge on any atom is -0.486 e. The third-order valence-electron chi connectivity index (χ3n) is 4.61. The van der Waals surface area contributed by atoms with E-state index in [-0.39, 0.29) is 17.7 Å². The Bertz CT molecular complexity index is 636. The molecule has 25 heavy (non-hydrogen) atoms. The van der Waals surface area contributed by atoms with E-state index < -0.39 is 0 Å². The number of likely N-dealkylation sites (tertiary alicyclic amines) is 1. The first-order valence-electron chi connectivity index (χ1n) is 9.01. The Morgan fingerprint density at radius 2 is 1.84 bits per heavy atom. The highest BCUT2D eigenvalue weighted by molar-refractivity contribution is 5.93. The van der Waals surface area contributed by atoms with E-state index in [4.69, 9.17) is 9.47 Å². The number of carbonyl (C=O) groups is 2. The maximum Gasteiger partial charge on any atom is 0.227 e. The van der Waals surface area contributed by atoms with Gasteiger partial charge in [0.1, 0.15) is 13.2 Å². The highest BCUT2D eigenvalue weighted by Crippen LogP contribution is 2.33. The minimum absolute atomic E-state index is 0.00707. The quantitative estimate of drug-likeness (QED) is 0.910. The van der Waals surface area contributed by atoms with Gasteiger partial charge in [0.05, 0.1) is 0 Å². The van der Waals surface area contributed by atoms with Gasteiger partial charge in [-0.25, -0.2) is 0 Å². The number of carbonyl (C=O) groups excluding carboxylic acids is 2. The number of rotatable bonds is 4. The summed E-state index contributed by atoms with van der Waals surface area (Å²) in [4.78, 5) is 26.5. The van der Waals surface area contributed by atoms with Crippen molar-refractivity contribution >= 4 is 17.5 Å². The van der Waals surface area contributed by atoms with Crippen LogP contribution in [0.15, 0.2) is 18.2 Å². The van der Waals surface area contributed by atoms with Crippen LogP contribution in [-0.4, -0.2) is 43.0 Å². The molecule has 0 saturated carbocycles. The molecule has 1 N–H and O–H groups in total. The number of piperidine rings is 1. The van der Waals surface area contributed by atoms with E-state index >= 15 is 0 Å². The number of fused-ring (bicyclic) bond motifs is 1. The van der Waals surface area contributed by atoms with E-state index in [2.05, 4.69) is 5.32 Å². The molecule has 2 aliphatic heterocycles. The zero-order valence-corrected chi connectivity index (χ0v) is 14.9. The summed E-state index contributed by atoms with van der Waals surface area (Å²) in [6.07, 6.45) is 1.99. The molecule has 0 atom stereocenters. The lowest BCUT2D eigenvalue weighted by molar-refractivity contribution is -0.135. The van der Waals surface area contributed by atoms with Gasteiger partial charge in [-0.3, -0.25) is 9.59 Å². The van der Waals surface area contributed by atoms with Crippen molar-refractivity contribution in [2.75, 3.05) is 31.6 Å². The summed E-state index contributed by atoms with van der Waals surface area (Å²) >= 11 is 0. The van der Waals surface area contributed by atoms with Gasteiger partial charge in [0.15, 0.2) is 11.5 Å². The number of ether oxygens (including phenoxy) is 2. The Kier molecular flexibility index (Phi) is 5.46. The van der Waals surface area contributed by atoms with Crippen LogP contribution in [-0.2, 0) is 9.59 Å². The monoisotopic (exact) mass is 346 g/mol. The number of nitrogens with zero attached hydrogens (tertiary/aromatic N) is 1. The van der Waals surface area contributed by atoms with Gasteiger partial charge >= 0.3 is 0 Å². The number of hydrogen-bond donors (Lipinski definition) is 1. The molecule has 3 rings (SSSR count). The van der Waals surface area contributed by atoms with E-state index in [0.717, 1.165) is 0 Å². The molecule has 0 radical (unpaired) electrons. The van der Waals surface area contributed by atoms with Crippen molar-refractivity contribution in [3.8, 4) is 11.5 Å². The van der Waals surface area contributed by atoms with Crippen molar-refractivity contribution in [3.05, 3.63) is 18.2 Å². The first-order valence-corrected chi connectivity index (χ1v) is 9.01. The number of anilines is 1. The maximum atomic E-state index is 12.5. The lowest BCUT2D eigenvalue weighted by Gasteiger charge is -2.32. The van der Waals surface area contributed by atoms with Gasteiger partial charge in [-0.15, -0.1) is 0 Å². The fourth-order valence-electron chi connectivity index (χ4n) is 3.23. The molecule has 136 valence electrons. The van der Waals surface area contributed by atoms with E-state index in [0.29, 0.717) is 68.7 Å². The molecule has 0 bridgehead atoms. The molecule has 1 aromatic carbocycles. The number of hydrogen-bond acceptors (Lipinski definition) is 4. The van der Waals surface area contributed by atoms with Gasteiger partial charge in [0.25, 0.3) is 0 Å². The summed E-state index contributed by atoms with van der Waals surface area (Å²) in [5.41, 5.74) is 0.715. The summed E-state index contributed by atoms with van der Waals surface area (Å²) in [6, 6.07) is 5.44. The Hall–Kier alpha value is -2.24. The average molecular weight is 346 g/mol. The SMILES string of the molecule is CC(C)CC(=O)N1CCC(C(=O)Nc2ccc3c(c2)OCCO3)CC1. The molecule has 0 aromatic heterocycles. The van der Waals surface area contributed by atoms with Crippen LogP contribution in [0.2, 0.25) is 0 Å². The molecule has 2 amide bonds. The lowest BCUT2D eigenvalue weighted by atomic mass is 9.95. The number of benzene rings is 1. The van der Waals surface area contributed by atoms with Crippen molar-refractivity contribution in [1.82, 2.24) is 4.90 Å². The Labute approximate surface area is 148 Å². The van der Waals surface area contributed by atoms with Crippen LogP contribution in [0.1, 0.15) is 33.1 Å². The van der Waals surface area contributed by atoms with Gasteiger partial charge in [-0.2, -0.15) is 0 Å². The minimum atomic E-state index is -0.0590. The smallest absolute Gasteiger partial charge is 0.227 e. The Morgan fingerprint density at radius 1 is 1.16 bits per heavy atom. The Balaban J connectivity index is 1.52. The zero-order valence-electron chi connectivity index (χ0n) is 14.9. The molecule has 2 heterocycles. The summed E-state index contributed by atoms with van der Waals surface area (Å²) in [7, 11) is 0. The molecule has 1 saturated heterocycles. The first kappa shape index (κ1) is 17.6. The van der Waals surface area contributed by atoms with Gasteiger partial charge in [0, 0.05) is 37.2 Å². The van der Waals surface area contributed by atoms with E-state index in [1.54, 1.807) is 6.07 Å². The van der Waals surface area contributed by atoms with Crippen LogP contribution in [0.5, 0.6) is 11.5 Å². The van der Waals surface area contributed by atoms with Crippen LogP contribution in [0.25, 0.3) is 0 Å². The molecular weight excluding hydrogens is 320 g/mol. The van der Waals surface area contributed by atoms with Gasteiger partial charge < -0.3 is 19.7 Å². The van der Waals surface area contributed by atoms with Crippen LogP contribution in [0.3, 0.4) is 0 Å². The predicted molar refractivity (Wildman–Crippen MR) is 94.8 cm³/mol. The van der Waals surface area contributed by atoms with Gasteiger partial charge in [0.2, 0.25) is 11.8 Å². The second-order valence-corrected chi connectivity index (χ2v) is 7.10. The number of amides is 2. The van der Waals surface area contributed by atoms with Crippen LogP contribution < -0.4 is 14.8 Å². The zero-order chi connectivity index (χ0) is 17.8.